The number of hydrogen-bond acceptors (Lipinski definition) is 1. The molecule has 1 N–H and O–H groups in total. The Balaban J connectivity index is 1.91. The van der Waals surface area contributed by atoms with Crippen LogP contribution in [0.15, 0.2) is 48.5 Å². The molecule has 1 amide bonds. The highest BCUT2D eigenvalue weighted by molar-refractivity contribution is 14.1. The van der Waals surface area contributed by atoms with Gasteiger partial charge in [0.2, 0.25) is 5.91 Å². The molecule has 0 saturated heterocycles. The highest BCUT2D eigenvalue weighted by Crippen LogP contribution is 2.19. The predicted octanol–water partition coefficient (Wildman–Crippen LogP) is 4.00. The number of hydrogen-bond donors (Lipinski definition) is 1. The van der Waals surface area contributed by atoms with Gasteiger partial charge in [-0.1, -0.05) is 30.3 Å². The standard InChI is InChI=1S/C15H13FINO/c16-12-7-8-14(13(17)10-12)18-15(19)9-6-11-4-2-1-3-5-11/h1-5,7-8,10H,6,9H2,(H,18,19). The normalized spacial score (nSPS) is 10.2. The van der Waals surface area contributed by atoms with E-state index in [-0.39, 0.29) is 11.7 Å². The van der Waals surface area contributed by atoms with Crippen molar-refractivity contribution in [1.29, 1.82) is 0 Å². The maximum absolute atomic E-state index is 12.9. The van der Waals surface area contributed by atoms with E-state index in [9.17, 15) is 9.18 Å². The van der Waals surface area contributed by atoms with Crippen molar-refractivity contribution in [2.24, 2.45) is 0 Å². The zero-order valence-corrected chi connectivity index (χ0v) is 12.4. The molecule has 4 heteroatoms. The third-order valence-corrected chi connectivity index (χ3v) is 3.58. The third kappa shape index (κ3) is 4.31. The molecule has 0 saturated carbocycles. The predicted molar refractivity (Wildman–Crippen MR) is 82.5 cm³/mol. The lowest BCUT2D eigenvalue weighted by Gasteiger charge is -2.07. The van der Waals surface area contributed by atoms with Crippen molar-refractivity contribution < 1.29 is 9.18 Å². The molecule has 2 nitrogen and oxygen atoms in total. The van der Waals surface area contributed by atoms with E-state index in [0.29, 0.717) is 22.1 Å². The Morgan fingerprint density at radius 1 is 1.16 bits per heavy atom. The largest absolute Gasteiger partial charge is 0.325 e. The van der Waals surface area contributed by atoms with E-state index in [2.05, 4.69) is 5.32 Å². The van der Waals surface area contributed by atoms with Crippen LogP contribution in [0.2, 0.25) is 0 Å². The lowest BCUT2D eigenvalue weighted by molar-refractivity contribution is -0.116. The molecule has 0 spiro atoms. The highest BCUT2D eigenvalue weighted by atomic mass is 127. The maximum Gasteiger partial charge on any atom is 0.224 e. The second kappa shape index (κ2) is 6.65. The third-order valence-electron chi connectivity index (χ3n) is 2.69. The van der Waals surface area contributed by atoms with Gasteiger partial charge in [0, 0.05) is 9.99 Å². The van der Waals surface area contributed by atoms with Crippen LogP contribution in [-0.2, 0) is 11.2 Å². The van der Waals surface area contributed by atoms with E-state index in [0.717, 1.165) is 5.56 Å². The van der Waals surface area contributed by atoms with E-state index >= 15 is 0 Å². The van der Waals surface area contributed by atoms with E-state index in [1.807, 2.05) is 52.9 Å². The first kappa shape index (κ1) is 14.0. The zero-order chi connectivity index (χ0) is 13.7. The van der Waals surface area contributed by atoms with Gasteiger partial charge in [-0.25, -0.2) is 4.39 Å². The zero-order valence-electron chi connectivity index (χ0n) is 10.2. The van der Waals surface area contributed by atoms with Gasteiger partial charge in [0.05, 0.1) is 5.69 Å². The summed E-state index contributed by atoms with van der Waals surface area (Å²) in [6.07, 6.45) is 1.11. The molecule has 0 heterocycles. The molecule has 0 aliphatic heterocycles. The van der Waals surface area contributed by atoms with Gasteiger partial charge in [-0.15, -0.1) is 0 Å². The number of aryl methyl sites for hydroxylation is 1. The Hall–Kier alpha value is -1.43. The lowest BCUT2D eigenvalue weighted by Crippen LogP contribution is -2.13. The van der Waals surface area contributed by atoms with Crippen molar-refractivity contribution in [3.8, 4) is 0 Å². The summed E-state index contributed by atoms with van der Waals surface area (Å²) in [4.78, 5) is 11.8. The summed E-state index contributed by atoms with van der Waals surface area (Å²) in [6, 6.07) is 14.2. The minimum absolute atomic E-state index is 0.0617. The van der Waals surface area contributed by atoms with Gasteiger partial charge < -0.3 is 5.32 Å². The monoisotopic (exact) mass is 369 g/mol. The fraction of sp³-hybridized carbons (Fsp3) is 0.133. The molecule has 0 radical (unpaired) electrons. The second-order valence-corrected chi connectivity index (χ2v) is 5.32. The van der Waals surface area contributed by atoms with E-state index < -0.39 is 0 Å². The minimum atomic E-state index is -0.299. The SMILES string of the molecule is O=C(CCc1ccccc1)Nc1ccc(F)cc1I. The van der Waals surface area contributed by atoms with Gasteiger partial charge in [0.25, 0.3) is 0 Å². The quantitative estimate of drug-likeness (QED) is 0.811. The van der Waals surface area contributed by atoms with Gasteiger partial charge in [-0.3, -0.25) is 4.79 Å². The minimum Gasteiger partial charge on any atom is -0.325 e. The van der Waals surface area contributed by atoms with Crippen LogP contribution in [0.4, 0.5) is 10.1 Å². The van der Waals surface area contributed by atoms with Crippen molar-refractivity contribution in [3.05, 3.63) is 63.5 Å². The van der Waals surface area contributed by atoms with Crippen LogP contribution in [-0.4, -0.2) is 5.91 Å². The Kier molecular flexibility index (Phi) is 4.90. The average Bonchev–Trinajstić information content (AvgIpc) is 2.41. The number of carbonyl (C=O) groups is 1. The molecule has 0 atom stereocenters. The summed E-state index contributed by atoms with van der Waals surface area (Å²) in [5.41, 5.74) is 1.78. The molecule has 98 valence electrons. The van der Waals surface area contributed by atoms with Crippen LogP contribution in [0.5, 0.6) is 0 Å². The fourth-order valence-electron chi connectivity index (χ4n) is 1.71. The molecular weight excluding hydrogens is 356 g/mol. The van der Waals surface area contributed by atoms with E-state index in [4.69, 9.17) is 0 Å². The number of nitrogens with one attached hydrogen (secondary N) is 1. The Morgan fingerprint density at radius 3 is 2.58 bits per heavy atom. The fourth-order valence-corrected chi connectivity index (χ4v) is 2.32. The first-order valence-corrected chi connectivity index (χ1v) is 7.02. The van der Waals surface area contributed by atoms with Gasteiger partial charge in [-0.2, -0.15) is 0 Å². The molecule has 19 heavy (non-hydrogen) atoms. The summed E-state index contributed by atoms with van der Waals surface area (Å²) < 4.78 is 13.6. The number of amides is 1. The van der Waals surface area contributed by atoms with Crippen molar-refractivity contribution >= 4 is 34.2 Å². The summed E-state index contributed by atoms with van der Waals surface area (Å²) >= 11 is 2.00. The Morgan fingerprint density at radius 2 is 1.89 bits per heavy atom. The average molecular weight is 369 g/mol. The van der Waals surface area contributed by atoms with Crippen LogP contribution < -0.4 is 5.32 Å². The molecule has 0 aliphatic rings. The van der Waals surface area contributed by atoms with Crippen LogP contribution in [0, 0.1) is 9.39 Å². The molecule has 2 aromatic rings. The molecule has 0 aliphatic carbocycles. The summed E-state index contributed by atoms with van der Waals surface area (Å²) in [7, 11) is 0. The summed E-state index contributed by atoms with van der Waals surface area (Å²) in [5, 5.41) is 2.79. The van der Waals surface area contributed by atoms with Gasteiger partial charge in [0.1, 0.15) is 5.82 Å². The van der Waals surface area contributed by atoms with Gasteiger partial charge in [0.15, 0.2) is 0 Å². The Bertz CT molecular complexity index is 572. The number of benzene rings is 2. The summed E-state index contributed by atoms with van der Waals surface area (Å²) in [5.74, 6) is -0.361. The first-order valence-electron chi connectivity index (χ1n) is 5.94. The van der Waals surface area contributed by atoms with E-state index in [1.54, 1.807) is 6.07 Å². The molecule has 2 rings (SSSR count). The molecule has 0 bridgehead atoms. The first-order chi connectivity index (χ1) is 9.15. The van der Waals surface area contributed by atoms with Crippen LogP contribution >= 0.6 is 22.6 Å². The smallest absolute Gasteiger partial charge is 0.224 e. The van der Waals surface area contributed by atoms with Crippen LogP contribution in [0.25, 0.3) is 0 Å². The molecule has 0 fully saturated rings. The second-order valence-electron chi connectivity index (χ2n) is 4.16. The van der Waals surface area contributed by atoms with Crippen molar-refractivity contribution in [2.45, 2.75) is 12.8 Å². The lowest BCUT2D eigenvalue weighted by atomic mass is 10.1. The molecule has 0 unspecified atom stereocenters. The number of rotatable bonds is 4. The van der Waals surface area contributed by atoms with Gasteiger partial charge in [-0.05, 0) is 52.8 Å². The molecule has 2 aromatic carbocycles. The molecule has 0 aromatic heterocycles. The van der Waals surface area contributed by atoms with Crippen LogP contribution in [0.3, 0.4) is 0 Å². The number of carbonyl (C=O) groups excluding carboxylic acids is 1. The number of halogens is 2. The maximum atomic E-state index is 12.9. The topological polar surface area (TPSA) is 29.1 Å². The van der Waals surface area contributed by atoms with Crippen molar-refractivity contribution in [2.75, 3.05) is 5.32 Å². The summed E-state index contributed by atoms with van der Waals surface area (Å²) in [6.45, 7) is 0. The highest BCUT2D eigenvalue weighted by Gasteiger charge is 2.06. The van der Waals surface area contributed by atoms with Gasteiger partial charge >= 0.3 is 0 Å². The van der Waals surface area contributed by atoms with Crippen molar-refractivity contribution in [1.82, 2.24) is 0 Å². The number of anilines is 1. The van der Waals surface area contributed by atoms with E-state index in [1.165, 1.54) is 12.1 Å². The molecular formula is C15H13FINO. The Labute approximate surface area is 125 Å². The van der Waals surface area contributed by atoms with Crippen LogP contribution in [0.1, 0.15) is 12.0 Å². The van der Waals surface area contributed by atoms with Crippen molar-refractivity contribution in [3.63, 3.8) is 0 Å².